The van der Waals surface area contributed by atoms with Crippen molar-refractivity contribution in [3.8, 4) is 0 Å². The SMILES string of the molecule is Cc1cc(N2CCN(C)CC(N)C2)ccc1N.Cc1cc(N2CCN(C)CC(O)C2)ccc1N. The zero-order chi connectivity index (χ0) is 24.8. The molecular weight excluding hydrogens is 426 g/mol. The maximum atomic E-state index is 9.91. The monoisotopic (exact) mass is 469 g/mol. The first kappa shape index (κ1) is 26.1. The lowest BCUT2D eigenvalue weighted by atomic mass is 10.1. The molecule has 2 atom stereocenters. The molecule has 0 amide bonds. The van der Waals surface area contributed by atoms with Crippen LogP contribution >= 0.6 is 0 Å². The van der Waals surface area contributed by atoms with Gasteiger partial charge in [-0.25, -0.2) is 0 Å². The molecule has 0 aliphatic carbocycles. The maximum absolute atomic E-state index is 9.91. The molecule has 7 N–H and O–H groups in total. The number of nitrogens with two attached hydrogens (primary N) is 3. The van der Waals surface area contributed by atoms with Crippen molar-refractivity contribution in [1.29, 1.82) is 0 Å². The molecule has 2 aromatic carbocycles. The minimum absolute atomic E-state index is 0.209. The predicted octanol–water partition coefficient (Wildman–Crippen LogP) is 1.35. The number of hydrogen-bond donors (Lipinski definition) is 4. The predicted molar refractivity (Wildman–Crippen MR) is 145 cm³/mol. The van der Waals surface area contributed by atoms with Crippen LogP contribution in [0.2, 0.25) is 0 Å². The molecule has 2 aliphatic heterocycles. The van der Waals surface area contributed by atoms with E-state index in [0.29, 0.717) is 6.54 Å². The molecule has 0 saturated carbocycles. The zero-order valence-electron chi connectivity index (χ0n) is 21.2. The molecule has 4 rings (SSSR count). The summed E-state index contributed by atoms with van der Waals surface area (Å²) in [5.74, 6) is 0. The fourth-order valence-electron chi connectivity index (χ4n) is 4.54. The number of benzene rings is 2. The smallest absolute Gasteiger partial charge is 0.0841 e. The molecule has 0 aromatic heterocycles. The number of β-amino-alcohol motifs (C(OH)–C–C–N with tert-alkyl or cyclic N) is 1. The number of aliphatic hydroxyl groups is 1. The Morgan fingerprint density at radius 1 is 0.706 bits per heavy atom. The van der Waals surface area contributed by atoms with Crippen molar-refractivity contribution in [2.24, 2.45) is 5.73 Å². The first-order valence-electron chi connectivity index (χ1n) is 12.1. The summed E-state index contributed by atoms with van der Waals surface area (Å²) in [5, 5.41) is 9.91. The Hall–Kier alpha value is -2.52. The van der Waals surface area contributed by atoms with Crippen LogP contribution in [0.5, 0.6) is 0 Å². The summed E-state index contributed by atoms with van der Waals surface area (Å²) in [6, 6.07) is 12.5. The number of aliphatic hydroxyl groups excluding tert-OH is 1. The van der Waals surface area contributed by atoms with Gasteiger partial charge in [0.1, 0.15) is 0 Å². The molecule has 0 spiro atoms. The Labute approximate surface area is 204 Å². The minimum Gasteiger partial charge on any atom is -0.399 e. The molecule has 2 aromatic rings. The first-order valence-corrected chi connectivity index (χ1v) is 12.1. The average molecular weight is 470 g/mol. The minimum atomic E-state index is -0.291. The number of nitrogen functional groups attached to an aromatic ring is 2. The molecule has 8 nitrogen and oxygen atoms in total. The largest absolute Gasteiger partial charge is 0.399 e. The number of rotatable bonds is 2. The van der Waals surface area contributed by atoms with Crippen LogP contribution in [0.25, 0.3) is 0 Å². The lowest BCUT2D eigenvalue weighted by molar-refractivity contribution is 0.145. The van der Waals surface area contributed by atoms with Gasteiger partial charge in [-0.15, -0.1) is 0 Å². The van der Waals surface area contributed by atoms with Crippen molar-refractivity contribution >= 4 is 22.7 Å². The van der Waals surface area contributed by atoms with E-state index < -0.39 is 0 Å². The van der Waals surface area contributed by atoms with Crippen LogP contribution < -0.4 is 27.0 Å². The van der Waals surface area contributed by atoms with Crippen LogP contribution in [0.3, 0.4) is 0 Å². The summed E-state index contributed by atoms with van der Waals surface area (Å²) in [7, 11) is 4.17. The molecule has 2 unspecified atom stereocenters. The Kier molecular flexibility index (Phi) is 9.02. The van der Waals surface area contributed by atoms with Gasteiger partial charge in [0, 0.05) is 81.1 Å². The summed E-state index contributed by atoms with van der Waals surface area (Å²) < 4.78 is 0. The van der Waals surface area contributed by atoms with Gasteiger partial charge < -0.3 is 41.9 Å². The second kappa shape index (κ2) is 11.8. The number of anilines is 4. The Morgan fingerprint density at radius 2 is 1.18 bits per heavy atom. The lowest BCUT2D eigenvalue weighted by Gasteiger charge is -2.25. The second-order valence-electron chi connectivity index (χ2n) is 9.91. The Balaban J connectivity index is 0.000000191. The summed E-state index contributed by atoms with van der Waals surface area (Å²) in [6.07, 6.45) is -0.291. The Bertz CT molecular complexity index is 862. The normalized spacial score (nSPS) is 22.5. The van der Waals surface area contributed by atoms with E-state index in [1.54, 1.807) is 0 Å². The van der Waals surface area contributed by atoms with E-state index in [-0.39, 0.29) is 12.1 Å². The van der Waals surface area contributed by atoms with E-state index in [1.165, 1.54) is 5.69 Å². The third kappa shape index (κ3) is 7.24. The third-order valence-electron chi connectivity index (χ3n) is 6.69. The molecule has 188 valence electrons. The van der Waals surface area contributed by atoms with Gasteiger partial charge in [0.25, 0.3) is 0 Å². The van der Waals surface area contributed by atoms with Crippen LogP contribution in [0.15, 0.2) is 36.4 Å². The van der Waals surface area contributed by atoms with E-state index in [0.717, 1.165) is 74.0 Å². The second-order valence-corrected chi connectivity index (χ2v) is 9.91. The Morgan fingerprint density at radius 3 is 1.68 bits per heavy atom. The van der Waals surface area contributed by atoms with Gasteiger partial charge in [-0.3, -0.25) is 0 Å². The van der Waals surface area contributed by atoms with Crippen LogP contribution in [0.4, 0.5) is 22.7 Å². The average Bonchev–Trinajstić information content (AvgIpc) is 3.06. The topological polar surface area (TPSA) is 111 Å². The molecule has 0 bridgehead atoms. The molecular formula is C26H43N7O. The van der Waals surface area contributed by atoms with Crippen molar-refractivity contribution in [2.45, 2.75) is 26.0 Å². The molecule has 0 radical (unpaired) electrons. The molecule has 2 heterocycles. The number of likely N-dealkylation sites (N-methyl/N-ethyl adjacent to an activating group) is 2. The molecule has 8 heteroatoms. The van der Waals surface area contributed by atoms with Crippen LogP contribution in [-0.2, 0) is 0 Å². The summed E-state index contributed by atoms with van der Waals surface area (Å²) in [4.78, 5) is 9.02. The highest BCUT2D eigenvalue weighted by Gasteiger charge is 2.20. The fraction of sp³-hybridized carbons (Fsp3) is 0.538. The molecule has 2 fully saturated rings. The van der Waals surface area contributed by atoms with Crippen LogP contribution in [-0.4, -0.2) is 93.5 Å². The quantitative estimate of drug-likeness (QED) is 0.488. The van der Waals surface area contributed by atoms with Gasteiger partial charge in [0.05, 0.1) is 6.10 Å². The van der Waals surface area contributed by atoms with Gasteiger partial charge in [-0.05, 0) is 75.5 Å². The number of nitrogens with zero attached hydrogens (tertiary/aromatic N) is 4. The summed E-state index contributed by atoms with van der Waals surface area (Å²) >= 11 is 0. The summed E-state index contributed by atoms with van der Waals surface area (Å²) in [5.41, 5.74) is 24.0. The van der Waals surface area contributed by atoms with Crippen molar-refractivity contribution in [2.75, 3.05) is 87.7 Å². The van der Waals surface area contributed by atoms with Gasteiger partial charge in [0.15, 0.2) is 0 Å². The standard InChI is InChI=1S/C13H22N4.C13H21N3O/c1-10-7-12(3-4-13(10)15)17-6-5-16(2)8-11(14)9-17;1-10-7-11(3-4-13(10)14)16-6-5-15(2)8-12(17)9-16/h3-4,7,11H,5-6,8-9,14-15H2,1-2H3;3-4,7,12,17H,5-6,8-9,14H2,1-2H3. The van der Waals surface area contributed by atoms with Gasteiger partial charge in [-0.1, -0.05) is 0 Å². The van der Waals surface area contributed by atoms with E-state index in [2.05, 4.69) is 44.8 Å². The summed E-state index contributed by atoms with van der Waals surface area (Å²) in [6.45, 7) is 11.3. The van der Waals surface area contributed by atoms with E-state index in [1.807, 2.05) is 39.1 Å². The first-order chi connectivity index (χ1) is 16.1. The molecule has 2 saturated heterocycles. The van der Waals surface area contributed by atoms with Crippen molar-refractivity contribution in [1.82, 2.24) is 9.80 Å². The van der Waals surface area contributed by atoms with Gasteiger partial charge in [0.2, 0.25) is 0 Å². The number of aryl methyl sites for hydroxylation is 2. The van der Waals surface area contributed by atoms with E-state index >= 15 is 0 Å². The maximum Gasteiger partial charge on any atom is 0.0841 e. The number of hydrogen-bond acceptors (Lipinski definition) is 8. The van der Waals surface area contributed by atoms with Crippen molar-refractivity contribution in [3.63, 3.8) is 0 Å². The van der Waals surface area contributed by atoms with Gasteiger partial charge in [-0.2, -0.15) is 0 Å². The van der Waals surface area contributed by atoms with Crippen LogP contribution in [0.1, 0.15) is 11.1 Å². The molecule has 2 aliphatic rings. The van der Waals surface area contributed by atoms with Crippen LogP contribution in [0, 0.1) is 13.8 Å². The highest BCUT2D eigenvalue weighted by Crippen LogP contribution is 2.22. The third-order valence-corrected chi connectivity index (χ3v) is 6.69. The van der Waals surface area contributed by atoms with Crippen molar-refractivity contribution in [3.05, 3.63) is 47.5 Å². The lowest BCUT2D eigenvalue weighted by Crippen LogP contribution is -2.39. The fourth-order valence-corrected chi connectivity index (χ4v) is 4.54. The van der Waals surface area contributed by atoms with Crippen molar-refractivity contribution < 1.29 is 5.11 Å². The zero-order valence-corrected chi connectivity index (χ0v) is 21.2. The molecule has 34 heavy (non-hydrogen) atoms. The highest BCUT2D eigenvalue weighted by molar-refractivity contribution is 5.59. The van der Waals surface area contributed by atoms with E-state index in [4.69, 9.17) is 17.2 Å². The van der Waals surface area contributed by atoms with E-state index in [9.17, 15) is 5.11 Å². The van der Waals surface area contributed by atoms with Gasteiger partial charge >= 0.3 is 0 Å². The highest BCUT2D eigenvalue weighted by atomic mass is 16.3.